The number of carbonyl (C=O) groups excluding carboxylic acids is 1. The Morgan fingerprint density at radius 3 is 2.70 bits per heavy atom. The Labute approximate surface area is 135 Å². The summed E-state index contributed by atoms with van der Waals surface area (Å²) in [6.07, 6.45) is 2.25. The van der Waals surface area contributed by atoms with Crippen molar-refractivity contribution in [2.24, 2.45) is 0 Å². The number of amides is 1. The normalized spacial score (nSPS) is 20.2. The van der Waals surface area contributed by atoms with Crippen LogP contribution in [0.5, 0.6) is 5.75 Å². The third-order valence-corrected chi connectivity index (χ3v) is 3.88. The molecule has 1 aliphatic heterocycles. The molecule has 1 atom stereocenters. The predicted molar refractivity (Wildman–Crippen MR) is 84.2 cm³/mol. The molecule has 1 aromatic rings. The van der Waals surface area contributed by atoms with Crippen molar-refractivity contribution in [3.05, 3.63) is 29.8 Å². The van der Waals surface area contributed by atoms with Crippen LogP contribution in [-0.2, 0) is 20.9 Å². The summed E-state index contributed by atoms with van der Waals surface area (Å²) in [4.78, 5) is 22.5. The highest BCUT2D eigenvalue weighted by Crippen LogP contribution is 2.25. The van der Waals surface area contributed by atoms with Gasteiger partial charge in [0.2, 0.25) is 0 Å². The number of rotatable bonds is 8. The molecule has 1 heterocycles. The molecule has 1 aromatic carbocycles. The lowest BCUT2D eigenvalue weighted by Crippen LogP contribution is -2.43. The molecule has 1 amide bonds. The van der Waals surface area contributed by atoms with Crippen LogP contribution in [0.25, 0.3) is 0 Å². The maximum atomic E-state index is 12.1. The fraction of sp³-hybridized carbons (Fsp3) is 0.529. The lowest BCUT2D eigenvalue weighted by molar-refractivity contribution is -0.139. The average Bonchev–Trinajstić information content (AvgIpc) is 2.98. The summed E-state index contributed by atoms with van der Waals surface area (Å²) >= 11 is 0. The maximum Gasteiger partial charge on any atom is 0.303 e. The van der Waals surface area contributed by atoms with Crippen LogP contribution in [0.3, 0.4) is 0 Å². The van der Waals surface area contributed by atoms with Crippen LogP contribution >= 0.6 is 0 Å². The van der Waals surface area contributed by atoms with Crippen LogP contribution in [0.2, 0.25) is 0 Å². The van der Waals surface area contributed by atoms with Gasteiger partial charge in [0.1, 0.15) is 11.4 Å². The molecule has 1 saturated heterocycles. The van der Waals surface area contributed by atoms with Crippen LogP contribution in [0, 0.1) is 0 Å². The number of ether oxygens (including phenoxy) is 2. The van der Waals surface area contributed by atoms with E-state index in [2.05, 4.69) is 5.32 Å². The van der Waals surface area contributed by atoms with Crippen molar-refractivity contribution >= 4 is 11.9 Å². The van der Waals surface area contributed by atoms with Crippen molar-refractivity contribution in [3.63, 3.8) is 0 Å². The molecule has 23 heavy (non-hydrogen) atoms. The van der Waals surface area contributed by atoms with Gasteiger partial charge in [-0.2, -0.15) is 0 Å². The molecule has 0 aliphatic carbocycles. The molecule has 1 fully saturated rings. The largest absolute Gasteiger partial charge is 0.494 e. The van der Waals surface area contributed by atoms with Crippen molar-refractivity contribution in [1.29, 1.82) is 0 Å². The van der Waals surface area contributed by atoms with Gasteiger partial charge in [-0.3, -0.25) is 9.59 Å². The quantitative estimate of drug-likeness (QED) is 0.716. The van der Waals surface area contributed by atoms with Gasteiger partial charge in [-0.25, -0.2) is 0 Å². The van der Waals surface area contributed by atoms with Gasteiger partial charge in [0.05, 0.1) is 6.61 Å². The minimum absolute atomic E-state index is 0.0796. The van der Waals surface area contributed by atoms with Gasteiger partial charge in [-0.15, -0.1) is 0 Å². The lowest BCUT2D eigenvalue weighted by atomic mass is 10.0. The average molecular weight is 321 g/mol. The number of carboxylic acids is 1. The first-order chi connectivity index (χ1) is 11.0. The second-order valence-corrected chi connectivity index (χ2v) is 5.86. The zero-order valence-electron chi connectivity index (χ0n) is 13.3. The van der Waals surface area contributed by atoms with Crippen molar-refractivity contribution in [3.8, 4) is 5.75 Å². The van der Waals surface area contributed by atoms with Crippen molar-refractivity contribution in [1.82, 2.24) is 5.32 Å². The van der Waals surface area contributed by atoms with Crippen LogP contribution in [-0.4, -0.2) is 35.8 Å². The summed E-state index contributed by atoms with van der Waals surface area (Å²) in [5.74, 6) is -0.208. The first-order valence-electron chi connectivity index (χ1n) is 7.85. The zero-order chi connectivity index (χ0) is 16.7. The van der Waals surface area contributed by atoms with E-state index in [-0.39, 0.29) is 12.3 Å². The van der Waals surface area contributed by atoms with Crippen LogP contribution < -0.4 is 10.1 Å². The fourth-order valence-corrected chi connectivity index (χ4v) is 2.44. The molecule has 1 aliphatic rings. The molecular weight excluding hydrogens is 298 g/mol. The monoisotopic (exact) mass is 321 g/mol. The number of hydrogen-bond acceptors (Lipinski definition) is 4. The molecule has 0 bridgehead atoms. The first-order valence-corrected chi connectivity index (χ1v) is 7.85. The molecule has 1 unspecified atom stereocenters. The first kappa shape index (κ1) is 17.3. The predicted octanol–water partition coefficient (Wildman–Crippen LogP) is 2.12. The number of nitrogens with one attached hydrogen (secondary N) is 1. The third kappa shape index (κ3) is 5.25. The summed E-state index contributed by atoms with van der Waals surface area (Å²) in [6.45, 7) is 3.27. The number of aliphatic carboxylic acids is 1. The second-order valence-electron chi connectivity index (χ2n) is 5.86. The maximum absolute atomic E-state index is 12.1. The molecule has 126 valence electrons. The van der Waals surface area contributed by atoms with E-state index in [4.69, 9.17) is 14.6 Å². The Morgan fingerprint density at radius 2 is 2.09 bits per heavy atom. The van der Waals surface area contributed by atoms with E-state index in [0.29, 0.717) is 31.9 Å². The molecule has 2 N–H and O–H groups in total. The van der Waals surface area contributed by atoms with E-state index >= 15 is 0 Å². The van der Waals surface area contributed by atoms with E-state index < -0.39 is 11.6 Å². The van der Waals surface area contributed by atoms with Crippen molar-refractivity contribution < 1.29 is 24.2 Å². The minimum Gasteiger partial charge on any atom is -0.494 e. The highest BCUT2D eigenvalue weighted by molar-refractivity contribution is 5.84. The van der Waals surface area contributed by atoms with Crippen LogP contribution in [0.4, 0.5) is 0 Å². The number of benzene rings is 1. The second kappa shape index (κ2) is 7.97. The molecule has 0 radical (unpaired) electrons. The van der Waals surface area contributed by atoms with Crippen LogP contribution in [0.1, 0.15) is 38.2 Å². The summed E-state index contributed by atoms with van der Waals surface area (Å²) in [6, 6.07) is 7.39. The van der Waals surface area contributed by atoms with Crippen molar-refractivity contribution in [2.45, 2.75) is 44.8 Å². The zero-order valence-corrected chi connectivity index (χ0v) is 13.3. The van der Waals surface area contributed by atoms with E-state index in [1.807, 2.05) is 31.2 Å². The SMILES string of the molecule is CC1(C(=O)NCc2ccc(OCCCC(=O)O)cc2)CCCO1. The smallest absolute Gasteiger partial charge is 0.303 e. The van der Waals surface area contributed by atoms with E-state index in [0.717, 1.165) is 18.4 Å². The summed E-state index contributed by atoms with van der Waals surface area (Å²) in [7, 11) is 0. The number of carbonyl (C=O) groups is 2. The summed E-state index contributed by atoms with van der Waals surface area (Å²) in [5, 5.41) is 11.4. The molecule has 6 nitrogen and oxygen atoms in total. The molecule has 0 spiro atoms. The van der Waals surface area contributed by atoms with Gasteiger partial charge in [0.15, 0.2) is 0 Å². The Kier molecular flexibility index (Phi) is 5.98. The van der Waals surface area contributed by atoms with Gasteiger partial charge in [-0.1, -0.05) is 12.1 Å². The van der Waals surface area contributed by atoms with Gasteiger partial charge in [-0.05, 0) is 43.9 Å². The van der Waals surface area contributed by atoms with E-state index in [1.54, 1.807) is 0 Å². The molecular formula is C17H23NO5. The Bertz CT molecular complexity index is 534. The Balaban J connectivity index is 1.74. The minimum atomic E-state index is -0.820. The highest BCUT2D eigenvalue weighted by Gasteiger charge is 2.37. The van der Waals surface area contributed by atoms with E-state index in [9.17, 15) is 9.59 Å². The van der Waals surface area contributed by atoms with Gasteiger partial charge in [0.25, 0.3) is 5.91 Å². The number of hydrogen-bond donors (Lipinski definition) is 2. The van der Waals surface area contributed by atoms with Gasteiger partial charge < -0.3 is 19.9 Å². The molecule has 6 heteroatoms. The third-order valence-electron chi connectivity index (χ3n) is 3.88. The molecule has 0 saturated carbocycles. The standard InChI is InChI=1S/C17H23NO5/c1-17(9-3-11-23-17)16(21)18-12-13-5-7-14(8-6-13)22-10-2-4-15(19)20/h5-8H,2-4,9-12H2,1H3,(H,18,21)(H,19,20). The highest BCUT2D eigenvalue weighted by atomic mass is 16.5. The molecule has 0 aromatic heterocycles. The van der Waals surface area contributed by atoms with E-state index in [1.165, 1.54) is 0 Å². The molecule has 2 rings (SSSR count). The lowest BCUT2D eigenvalue weighted by Gasteiger charge is -2.21. The fourth-order valence-electron chi connectivity index (χ4n) is 2.44. The Hall–Kier alpha value is -2.08. The van der Waals surface area contributed by atoms with Crippen LogP contribution in [0.15, 0.2) is 24.3 Å². The van der Waals surface area contributed by atoms with Gasteiger partial charge in [0, 0.05) is 19.6 Å². The van der Waals surface area contributed by atoms with Crippen molar-refractivity contribution in [2.75, 3.05) is 13.2 Å². The summed E-state index contributed by atoms with van der Waals surface area (Å²) in [5.41, 5.74) is 0.269. The summed E-state index contributed by atoms with van der Waals surface area (Å²) < 4.78 is 11.0. The topological polar surface area (TPSA) is 84.9 Å². The van der Waals surface area contributed by atoms with Gasteiger partial charge >= 0.3 is 5.97 Å². The Morgan fingerprint density at radius 1 is 1.35 bits per heavy atom. The number of carboxylic acid groups (broad SMARTS) is 1.